The number of anilines is 1. The molecule has 3 rings (SSSR count). The number of hydrogen-bond acceptors (Lipinski definition) is 5. The van der Waals surface area contributed by atoms with Gasteiger partial charge in [-0.2, -0.15) is 11.8 Å². The Bertz CT molecular complexity index is 530. The van der Waals surface area contributed by atoms with Gasteiger partial charge in [0, 0.05) is 43.4 Å². The fourth-order valence-electron chi connectivity index (χ4n) is 3.46. The van der Waals surface area contributed by atoms with Crippen LogP contribution >= 0.6 is 11.8 Å². The van der Waals surface area contributed by atoms with Crippen LogP contribution in [0.2, 0.25) is 0 Å². The van der Waals surface area contributed by atoms with Crippen LogP contribution in [0.4, 0.5) is 5.82 Å². The molecule has 6 heteroatoms. The number of likely N-dealkylation sites (tertiary alicyclic amines) is 1. The van der Waals surface area contributed by atoms with Gasteiger partial charge in [0.2, 0.25) is 0 Å². The van der Waals surface area contributed by atoms with Gasteiger partial charge in [-0.3, -0.25) is 4.79 Å². The van der Waals surface area contributed by atoms with Crippen molar-refractivity contribution in [2.45, 2.75) is 31.7 Å². The van der Waals surface area contributed by atoms with Crippen LogP contribution in [-0.4, -0.2) is 66.6 Å². The third kappa shape index (κ3) is 4.63. The molecule has 3 heterocycles. The second-order valence-electron chi connectivity index (χ2n) is 6.68. The summed E-state index contributed by atoms with van der Waals surface area (Å²) < 4.78 is 0. The minimum absolute atomic E-state index is 0.0123. The van der Waals surface area contributed by atoms with Crippen molar-refractivity contribution in [2.75, 3.05) is 49.6 Å². The molecule has 2 saturated heterocycles. The van der Waals surface area contributed by atoms with E-state index < -0.39 is 0 Å². The van der Waals surface area contributed by atoms with Crippen molar-refractivity contribution in [3.05, 3.63) is 23.9 Å². The Kier molecular flexibility index (Phi) is 6.37. The van der Waals surface area contributed by atoms with Crippen LogP contribution in [0.15, 0.2) is 18.3 Å². The topological polar surface area (TPSA) is 48.5 Å². The summed E-state index contributed by atoms with van der Waals surface area (Å²) >= 11 is 1.99. The molecule has 1 unspecified atom stereocenters. The van der Waals surface area contributed by atoms with Crippen LogP contribution in [0.5, 0.6) is 0 Å². The largest absolute Gasteiger partial charge is 0.355 e. The van der Waals surface area contributed by atoms with E-state index in [1.807, 2.05) is 23.9 Å². The Morgan fingerprint density at radius 2 is 2.12 bits per heavy atom. The number of amides is 1. The summed E-state index contributed by atoms with van der Waals surface area (Å²) in [7, 11) is 2.19. The van der Waals surface area contributed by atoms with Crippen LogP contribution in [0, 0.1) is 0 Å². The normalized spacial score (nSPS) is 22.4. The van der Waals surface area contributed by atoms with Gasteiger partial charge >= 0.3 is 0 Å². The molecule has 2 fully saturated rings. The van der Waals surface area contributed by atoms with E-state index in [1.54, 1.807) is 6.20 Å². The zero-order valence-electron chi connectivity index (χ0n) is 14.5. The monoisotopic (exact) mass is 348 g/mol. The highest BCUT2D eigenvalue weighted by atomic mass is 32.2. The maximum Gasteiger partial charge on any atom is 0.252 e. The first kappa shape index (κ1) is 17.5. The van der Waals surface area contributed by atoms with Crippen LogP contribution in [0.1, 0.15) is 36.0 Å². The van der Waals surface area contributed by atoms with E-state index >= 15 is 0 Å². The van der Waals surface area contributed by atoms with E-state index in [2.05, 4.69) is 27.1 Å². The number of rotatable bonds is 5. The molecule has 1 amide bonds. The summed E-state index contributed by atoms with van der Waals surface area (Å²) in [6.07, 6.45) is 6.59. The smallest absolute Gasteiger partial charge is 0.252 e. The fraction of sp³-hybridized carbons (Fsp3) is 0.667. The molecule has 2 aliphatic rings. The summed E-state index contributed by atoms with van der Waals surface area (Å²) in [5, 5.41) is 3.04. The highest BCUT2D eigenvalue weighted by Crippen LogP contribution is 2.18. The molecule has 0 aromatic carbocycles. The number of carbonyl (C=O) groups excluding carboxylic acids is 1. The van der Waals surface area contributed by atoms with Crippen molar-refractivity contribution in [3.63, 3.8) is 0 Å². The quantitative estimate of drug-likeness (QED) is 0.884. The lowest BCUT2D eigenvalue weighted by Crippen LogP contribution is -2.39. The number of hydrogen-bond donors (Lipinski definition) is 1. The first-order valence-electron chi connectivity index (χ1n) is 9.01. The average molecular weight is 349 g/mol. The molecule has 0 bridgehead atoms. The van der Waals surface area contributed by atoms with Crippen molar-refractivity contribution in [2.24, 2.45) is 0 Å². The Labute approximate surface area is 149 Å². The Morgan fingerprint density at radius 1 is 1.29 bits per heavy atom. The van der Waals surface area contributed by atoms with E-state index in [0.29, 0.717) is 11.6 Å². The molecule has 0 saturated carbocycles. The Balaban J connectivity index is 1.46. The first-order valence-corrected chi connectivity index (χ1v) is 10.2. The summed E-state index contributed by atoms with van der Waals surface area (Å²) in [6.45, 7) is 3.99. The van der Waals surface area contributed by atoms with Crippen molar-refractivity contribution >= 4 is 23.5 Å². The van der Waals surface area contributed by atoms with E-state index in [1.165, 1.54) is 25.8 Å². The molecule has 132 valence electrons. The maximum atomic E-state index is 12.3. The van der Waals surface area contributed by atoms with Gasteiger partial charge in [-0.1, -0.05) is 6.42 Å². The zero-order valence-corrected chi connectivity index (χ0v) is 15.4. The highest BCUT2D eigenvalue weighted by Gasteiger charge is 2.19. The van der Waals surface area contributed by atoms with E-state index in [-0.39, 0.29) is 5.91 Å². The van der Waals surface area contributed by atoms with Gasteiger partial charge in [0.15, 0.2) is 0 Å². The van der Waals surface area contributed by atoms with Crippen LogP contribution in [0.25, 0.3) is 0 Å². The molecule has 1 aromatic heterocycles. The molecule has 2 aliphatic heterocycles. The molecule has 5 nitrogen and oxygen atoms in total. The predicted molar refractivity (Wildman–Crippen MR) is 101 cm³/mol. The first-order chi connectivity index (χ1) is 11.7. The standard InChI is InChI=1S/C18H28N4OS/c1-21-9-3-2-4-16(21)7-8-19-18(23)15-5-6-17(20-14-15)22-10-12-24-13-11-22/h5-6,14,16H,2-4,7-13H2,1H3,(H,19,23). The highest BCUT2D eigenvalue weighted by molar-refractivity contribution is 7.99. The minimum Gasteiger partial charge on any atom is -0.355 e. The van der Waals surface area contributed by atoms with Crippen molar-refractivity contribution in [1.29, 1.82) is 0 Å². The number of piperidine rings is 1. The predicted octanol–water partition coefficient (Wildman–Crippen LogP) is 2.24. The third-order valence-corrected chi connectivity index (χ3v) is 5.97. The average Bonchev–Trinajstić information content (AvgIpc) is 2.64. The molecular formula is C18H28N4OS. The van der Waals surface area contributed by atoms with Gasteiger partial charge in [0.05, 0.1) is 5.56 Å². The van der Waals surface area contributed by atoms with E-state index in [0.717, 1.165) is 43.4 Å². The lowest BCUT2D eigenvalue weighted by molar-refractivity contribution is 0.0945. The van der Waals surface area contributed by atoms with Gasteiger partial charge in [-0.25, -0.2) is 4.98 Å². The SMILES string of the molecule is CN1CCCCC1CCNC(=O)c1ccc(N2CCSCC2)nc1. The minimum atomic E-state index is -0.0123. The van der Waals surface area contributed by atoms with Gasteiger partial charge in [0.25, 0.3) is 5.91 Å². The molecule has 0 aliphatic carbocycles. The maximum absolute atomic E-state index is 12.3. The van der Waals surface area contributed by atoms with Gasteiger partial charge in [-0.15, -0.1) is 0 Å². The number of carbonyl (C=O) groups is 1. The lowest BCUT2D eigenvalue weighted by atomic mass is 10.0. The number of nitrogens with zero attached hydrogens (tertiary/aromatic N) is 3. The van der Waals surface area contributed by atoms with E-state index in [4.69, 9.17) is 0 Å². The lowest BCUT2D eigenvalue weighted by Gasteiger charge is -2.32. The van der Waals surface area contributed by atoms with Gasteiger partial charge < -0.3 is 15.1 Å². The molecule has 0 spiro atoms. The van der Waals surface area contributed by atoms with Crippen LogP contribution < -0.4 is 10.2 Å². The molecule has 1 aromatic rings. The second kappa shape index (κ2) is 8.72. The molecule has 24 heavy (non-hydrogen) atoms. The van der Waals surface area contributed by atoms with Crippen LogP contribution in [-0.2, 0) is 0 Å². The van der Waals surface area contributed by atoms with Gasteiger partial charge in [0.1, 0.15) is 5.82 Å². The number of thioether (sulfide) groups is 1. The summed E-state index contributed by atoms with van der Waals surface area (Å²) in [6, 6.07) is 4.47. The Morgan fingerprint density at radius 3 is 2.83 bits per heavy atom. The summed E-state index contributed by atoms with van der Waals surface area (Å²) in [5.41, 5.74) is 0.655. The molecule has 1 atom stereocenters. The van der Waals surface area contributed by atoms with Crippen molar-refractivity contribution in [3.8, 4) is 0 Å². The molecule has 1 N–H and O–H groups in total. The zero-order chi connectivity index (χ0) is 16.8. The summed E-state index contributed by atoms with van der Waals surface area (Å²) in [5.74, 6) is 3.27. The molecular weight excluding hydrogens is 320 g/mol. The van der Waals surface area contributed by atoms with Gasteiger partial charge in [-0.05, 0) is 45.0 Å². The molecule has 0 radical (unpaired) electrons. The Hall–Kier alpha value is -1.27. The number of nitrogens with one attached hydrogen (secondary N) is 1. The fourth-order valence-corrected chi connectivity index (χ4v) is 4.37. The number of pyridine rings is 1. The van der Waals surface area contributed by atoms with E-state index in [9.17, 15) is 4.79 Å². The summed E-state index contributed by atoms with van der Waals surface area (Å²) in [4.78, 5) is 21.5. The second-order valence-corrected chi connectivity index (χ2v) is 7.90. The van der Waals surface area contributed by atoms with Crippen molar-refractivity contribution < 1.29 is 4.79 Å². The van der Waals surface area contributed by atoms with Crippen LogP contribution in [0.3, 0.4) is 0 Å². The third-order valence-electron chi connectivity index (χ3n) is 5.03. The number of aromatic nitrogens is 1. The van der Waals surface area contributed by atoms with Crippen molar-refractivity contribution in [1.82, 2.24) is 15.2 Å².